The molecule has 0 radical (unpaired) electrons. The Balaban J connectivity index is 2.26. The molecule has 1 aromatic rings. The van der Waals surface area contributed by atoms with Gasteiger partial charge in [0.25, 0.3) is 0 Å². The summed E-state index contributed by atoms with van der Waals surface area (Å²) < 4.78 is 26.9. The van der Waals surface area contributed by atoms with E-state index < -0.39 is 10.0 Å². The number of aromatic nitrogens is 2. The molecule has 8 heteroatoms. The molecular formula is C12H22N4O3S. The van der Waals surface area contributed by atoms with Crippen molar-refractivity contribution in [3.63, 3.8) is 0 Å². The van der Waals surface area contributed by atoms with Crippen LogP contribution in [-0.4, -0.2) is 72.3 Å². The normalized spacial score (nSPS) is 18.8. The van der Waals surface area contributed by atoms with Gasteiger partial charge in [0.15, 0.2) is 0 Å². The second-order valence-corrected chi connectivity index (χ2v) is 7.09. The number of aliphatic hydroxyl groups excluding tert-OH is 1. The number of aliphatic hydroxyl groups is 1. The highest BCUT2D eigenvalue weighted by atomic mass is 32.2. The maximum absolute atomic E-state index is 12.7. The van der Waals surface area contributed by atoms with E-state index in [1.807, 2.05) is 7.05 Å². The molecule has 0 spiro atoms. The van der Waals surface area contributed by atoms with Crippen molar-refractivity contribution >= 4 is 10.0 Å². The zero-order valence-electron chi connectivity index (χ0n) is 11.9. The van der Waals surface area contributed by atoms with E-state index in [2.05, 4.69) is 15.1 Å². The first-order valence-corrected chi connectivity index (χ1v) is 8.22. The number of nitrogens with one attached hydrogen (secondary N) is 1. The third kappa shape index (κ3) is 3.03. The third-order valence-corrected chi connectivity index (χ3v) is 5.85. The zero-order chi connectivity index (χ0) is 14.8. The fourth-order valence-electron chi connectivity index (χ4n) is 2.61. The number of piperidine rings is 1. The highest BCUT2D eigenvalue weighted by Gasteiger charge is 2.34. The zero-order valence-corrected chi connectivity index (χ0v) is 12.7. The minimum atomic E-state index is -3.61. The van der Waals surface area contributed by atoms with Gasteiger partial charge in [-0.15, -0.1) is 0 Å². The number of hydrogen-bond acceptors (Lipinski definition) is 5. The molecule has 1 fully saturated rings. The van der Waals surface area contributed by atoms with Crippen LogP contribution >= 0.6 is 0 Å². The minimum Gasteiger partial charge on any atom is -0.395 e. The second-order valence-electron chi connectivity index (χ2n) is 5.23. The summed E-state index contributed by atoms with van der Waals surface area (Å²) in [4.78, 5) is 2.38. The summed E-state index contributed by atoms with van der Waals surface area (Å²) in [5, 5.41) is 15.7. The van der Waals surface area contributed by atoms with Crippen molar-refractivity contribution in [2.45, 2.75) is 30.7 Å². The van der Waals surface area contributed by atoms with Crippen LogP contribution < -0.4 is 0 Å². The van der Waals surface area contributed by atoms with Gasteiger partial charge in [-0.2, -0.15) is 9.40 Å². The van der Waals surface area contributed by atoms with E-state index in [9.17, 15) is 13.5 Å². The number of aromatic amines is 1. The highest BCUT2D eigenvalue weighted by molar-refractivity contribution is 7.89. The van der Waals surface area contributed by atoms with Gasteiger partial charge in [0.1, 0.15) is 4.90 Å². The lowest BCUT2D eigenvalue weighted by Crippen LogP contribution is -2.47. The summed E-state index contributed by atoms with van der Waals surface area (Å²) in [7, 11) is -1.58. The monoisotopic (exact) mass is 302 g/mol. The molecule has 0 aliphatic carbocycles. The lowest BCUT2D eigenvalue weighted by molar-refractivity contribution is 0.161. The number of likely N-dealkylation sites (tertiary alicyclic amines) is 1. The first-order chi connectivity index (χ1) is 9.46. The first-order valence-electron chi connectivity index (χ1n) is 6.78. The molecule has 1 saturated heterocycles. The van der Waals surface area contributed by atoms with E-state index in [4.69, 9.17) is 0 Å². The fourth-order valence-corrected chi connectivity index (χ4v) is 4.40. The summed E-state index contributed by atoms with van der Waals surface area (Å²) in [6.07, 6.45) is 2.91. The number of sulfonamides is 1. The Morgan fingerprint density at radius 3 is 2.65 bits per heavy atom. The van der Waals surface area contributed by atoms with Crippen LogP contribution in [-0.2, 0) is 10.0 Å². The molecule has 1 aromatic heterocycles. The number of rotatable bonds is 5. The summed E-state index contributed by atoms with van der Waals surface area (Å²) in [5.74, 6) is 0. The van der Waals surface area contributed by atoms with Crippen molar-refractivity contribution in [3.8, 4) is 0 Å². The molecule has 0 saturated carbocycles. The molecule has 0 aromatic carbocycles. The fraction of sp³-hybridized carbons (Fsp3) is 0.750. The Morgan fingerprint density at radius 1 is 1.50 bits per heavy atom. The first kappa shape index (κ1) is 15.4. The molecule has 2 heterocycles. The average Bonchev–Trinajstić information content (AvgIpc) is 2.84. The quantitative estimate of drug-likeness (QED) is 0.786. The SMILES string of the molecule is Cc1[nH]ncc1S(=O)(=O)N(CCO)C1CCN(C)CC1. The molecule has 0 unspecified atom stereocenters. The van der Waals surface area contributed by atoms with E-state index in [-0.39, 0.29) is 24.1 Å². The van der Waals surface area contributed by atoms with Gasteiger partial charge >= 0.3 is 0 Å². The van der Waals surface area contributed by atoms with Crippen LogP contribution in [0.5, 0.6) is 0 Å². The molecule has 0 amide bonds. The Hall–Kier alpha value is -0.960. The standard InChI is InChI=1S/C12H22N4O3S/c1-10-12(9-13-14-10)20(18,19)16(7-8-17)11-3-5-15(2)6-4-11/h9,11,17H,3-8H2,1-2H3,(H,13,14). The van der Waals surface area contributed by atoms with Crippen molar-refractivity contribution in [3.05, 3.63) is 11.9 Å². The van der Waals surface area contributed by atoms with Crippen LogP contribution in [0, 0.1) is 6.92 Å². The number of aryl methyl sites for hydroxylation is 1. The summed E-state index contributed by atoms with van der Waals surface area (Å²) in [6, 6.07) is -0.0577. The lowest BCUT2D eigenvalue weighted by Gasteiger charge is -2.36. The van der Waals surface area contributed by atoms with Gasteiger partial charge in [-0.05, 0) is 39.9 Å². The van der Waals surface area contributed by atoms with Gasteiger partial charge in [-0.3, -0.25) is 5.10 Å². The minimum absolute atomic E-state index is 0.0577. The third-order valence-electron chi connectivity index (χ3n) is 3.79. The maximum Gasteiger partial charge on any atom is 0.246 e. The van der Waals surface area contributed by atoms with Gasteiger partial charge in [-0.1, -0.05) is 0 Å². The second kappa shape index (κ2) is 6.21. The molecule has 2 rings (SSSR count). The Morgan fingerprint density at radius 2 is 2.15 bits per heavy atom. The number of H-pyrrole nitrogens is 1. The molecular weight excluding hydrogens is 280 g/mol. The van der Waals surface area contributed by atoms with Gasteiger partial charge in [-0.25, -0.2) is 8.42 Å². The molecule has 114 valence electrons. The molecule has 20 heavy (non-hydrogen) atoms. The molecule has 7 nitrogen and oxygen atoms in total. The van der Waals surface area contributed by atoms with Crippen molar-refractivity contribution in [2.75, 3.05) is 33.3 Å². The van der Waals surface area contributed by atoms with Gasteiger partial charge in [0, 0.05) is 12.6 Å². The van der Waals surface area contributed by atoms with Crippen LogP contribution in [0.4, 0.5) is 0 Å². The van der Waals surface area contributed by atoms with Crippen molar-refractivity contribution in [1.82, 2.24) is 19.4 Å². The summed E-state index contributed by atoms with van der Waals surface area (Å²) >= 11 is 0. The molecule has 2 N–H and O–H groups in total. The lowest BCUT2D eigenvalue weighted by atomic mass is 10.1. The smallest absolute Gasteiger partial charge is 0.246 e. The average molecular weight is 302 g/mol. The summed E-state index contributed by atoms with van der Waals surface area (Å²) in [6.45, 7) is 3.37. The van der Waals surface area contributed by atoms with Crippen molar-refractivity contribution in [1.29, 1.82) is 0 Å². The topological polar surface area (TPSA) is 89.5 Å². The van der Waals surface area contributed by atoms with E-state index in [0.717, 1.165) is 25.9 Å². The molecule has 1 aliphatic rings. The van der Waals surface area contributed by atoms with Crippen molar-refractivity contribution in [2.24, 2.45) is 0 Å². The Bertz CT molecular complexity index is 535. The summed E-state index contributed by atoms with van der Waals surface area (Å²) in [5.41, 5.74) is 0.529. The molecule has 0 bridgehead atoms. The Kier molecular flexibility index (Phi) is 4.79. The van der Waals surface area contributed by atoms with Crippen LogP contribution in [0.1, 0.15) is 18.5 Å². The van der Waals surface area contributed by atoms with Crippen LogP contribution in [0.3, 0.4) is 0 Å². The van der Waals surface area contributed by atoms with E-state index in [1.54, 1.807) is 6.92 Å². The molecule has 1 aliphatic heterocycles. The number of nitrogens with zero attached hydrogens (tertiary/aromatic N) is 3. The van der Waals surface area contributed by atoms with Crippen LogP contribution in [0.15, 0.2) is 11.1 Å². The highest BCUT2D eigenvalue weighted by Crippen LogP contribution is 2.24. The van der Waals surface area contributed by atoms with Gasteiger partial charge in [0.05, 0.1) is 18.5 Å². The van der Waals surface area contributed by atoms with Crippen LogP contribution in [0.25, 0.3) is 0 Å². The van der Waals surface area contributed by atoms with E-state index in [0.29, 0.717) is 5.69 Å². The van der Waals surface area contributed by atoms with Crippen molar-refractivity contribution < 1.29 is 13.5 Å². The maximum atomic E-state index is 12.7. The van der Waals surface area contributed by atoms with E-state index >= 15 is 0 Å². The predicted molar refractivity (Wildman–Crippen MR) is 74.8 cm³/mol. The number of hydrogen-bond donors (Lipinski definition) is 2. The van der Waals surface area contributed by atoms with Crippen LogP contribution in [0.2, 0.25) is 0 Å². The van der Waals surface area contributed by atoms with Gasteiger partial charge in [0.2, 0.25) is 10.0 Å². The molecule has 0 atom stereocenters. The predicted octanol–water partition coefficient (Wildman–Crippen LogP) is -0.205. The largest absolute Gasteiger partial charge is 0.395 e. The Labute approximate surface area is 119 Å². The van der Waals surface area contributed by atoms with E-state index in [1.165, 1.54) is 10.5 Å². The van der Waals surface area contributed by atoms with Gasteiger partial charge < -0.3 is 10.0 Å².